The summed E-state index contributed by atoms with van der Waals surface area (Å²) in [4.78, 5) is 11.2. The van der Waals surface area contributed by atoms with Crippen molar-refractivity contribution >= 4 is 5.78 Å². The largest absolute Gasteiger partial charge is 0.360 e. The second kappa shape index (κ2) is 3.02. The van der Waals surface area contributed by atoms with E-state index in [1.54, 1.807) is 12.1 Å². The lowest BCUT2D eigenvalue weighted by Gasteiger charge is -1.83. The zero-order chi connectivity index (χ0) is 9.26. The van der Waals surface area contributed by atoms with Crippen LogP contribution in [0.3, 0.4) is 0 Å². The van der Waals surface area contributed by atoms with E-state index in [1.807, 2.05) is 0 Å². The molecule has 0 radical (unpaired) electrons. The molecular formula is C9H8N2O2. The van der Waals surface area contributed by atoms with Gasteiger partial charge in [0.1, 0.15) is 12.2 Å². The minimum absolute atomic E-state index is 0.128. The van der Waals surface area contributed by atoms with Crippen molar-refractivity contribution in [3.05, 3.63) is 17.5 Å². The lowest BCUT2D eigenvalue weighted by Crippen LogP contribution is -1.96. The molecule has 4 heteroatoms. The monoisotopic (exact) mass is 176 g/mol. The highest BCUT2D eigenvalue weighted by molar-refractivity contribution is 5.95. The van der Waals surface area contributed by atoms with E-state index in [0.717, 1.165) is 18.6 Å². The molecule has 2 rings (SSSR count). The summed E-state index contributed by atoms with van der Waals surface area (Å²) in [6.07, 6.45) is 2.10. The number of nitriles is 1. The summed E-state index contributed by atoms with van der Waals surface area (Å²) in [6, 6.07) is 3.44. The Balaban J connectivity index is 2.13. The van der Waals surface area contributed by atoms with Gasteiger partial charge in [-0.3, -0.25) is 4.79 Å². The number of nitrogens with zero attached hydrogens (tertiary/aromatic N) is 2. The SMILES string of the molecule is N#CCC(=O)c1cc(C2CC2)on1. The molecule has 0 spiro atoms. The van der Waals surface area contributed by atoms with Gasteiger partial charge >= 0.3 is 0 Å². The van der Waals surface area contributed by atoms with Crippen LogP contribution < -0.4 is 0 Å². The molecule has 1 fully saturated rings. The average molecular weight is 176 g/mol. The van der Waals surface area contributed by atoms with E-state index in [0.29, 0.717) is 5.92 Å². The van der Waals surface area contributed by atoms with Crippen LogP contribution in [0.4, 0.5) is 0 Å². The molecule has 0 amide bonds. The third-order valence-corrected chi connectivity index (χ3v) is 2.03. The third-order valence-electron chi connectivity index (χ3n) is 2.03. The van der Waals surface area contributed by atoms with E-state index in [4.69, 9.17) is 9.78 Å². The zero-order valence-corrected chi connectivity index (χ0v) is 6.99. The molecule has 0 saturated heterocycles. The minimum Gasteiger partial charge on any atom is -0.360 e. The maximum atomic E-state index is 11.2. The second-order valence-corrected chi connectivity index (χ2v) is 3.15. The minimum atomic E-state index is -0.266. The van der Waals surface area contributed by atoms with Crippen molar-refractivity contribution in [1.29, 1.82) is 5.26 Å². The van der Waals surface area contributed by atoms with Crippen molar-refractivity contribution in [2.45, 2.75) is 25.2 Å². The van der Waals surface area contributed by atoms with E-state index in [-0.39, 0.29) is 17.9 Å². The van der Waals surface area contributed by atoms with Crippen molar-refractivity contribution < 1.29 is 9.32 Å². The molecule has 0 unspecified atom stereocenters. The number of Topliss-reactive ketones (excluding diaryl/α,β-unsaturated/α-hetero) is 1. The number of hydrogen-bond donors (Lipinski definition) is 0. The van der Waals surface area contributed by atoms with E-state index in [9.17, 15) is 4.79 Å². The van der Waals surface area contributed by atoms with Crippen LogP contribution in [0.1, 0.15) is 41.4 Å². The van der Waals surface area contributed by atoms with Gasteiger partial charge in [0.05, 0.1) is 6.07 Å². The number of carbonyl (C=O) groups is 1. The molecule has 1 aliphatic rings. The quantitative estimate of drug-likeness (QED) is 0.656. The maximum Gasteiger partial charge on any atom is 0.198 e. The molecule has 0 aromatic carbocycles. The topological polar surface area (TPSA) is 66.9 Å². The van der Waals surface area contributed by atoms with Crippen LogP contribution in [-0.2, 0) is 0 Å². The first-order valence-corrected chi connectivity index (χ1v) is 4.18. The van der Waals surface area contributed by atoms with Gasteiger partial charge in [-0.25, -0.2) is 0 Å². The normalized spacial score (nSPS) is 15.3. The number of carbonyl (C=O) groups excluding carboxylic acids is 1. The molecule has 1 heterocycles. The van der Waals surface area contributed by atoms with Crippen LogP contribution in [0.15, 0.2) is 10.6 Å². The fourth-order valence-electron chi connectivity index (χ4n) is 1.14. The van der Waals surface area contributed by atoms with Crippen LogP contribution in [0, 0.1) is 11.3 Å². The van der Waals surface area contributed by atoms with Crippen LogP contribution in [0.25, 0.3) is 0 Å². The highest BCUT2D eigenvalue weighted by Gasteiger charge is 2.28. The van der Waals surface area contributed by atoms with E-state index in [2.05, 4.69) is 5.16 Å². The van der Waals surface area contributed by atoms with Crippen LogP contribution >= 0.6 is 0 Å². The Morgan fingerprint density at radius 1 is 1.77 bits per heavy atom. The average Bonchev–Trinajstić information content (AvgIpc) is 2.84. The Bertz CT molecular complexity index is 371. The molecule has 0 bridgehead atoms. The second-order valence-electron chi connectivity index (χ2n) is 3.15. The van der Waals surface area contributed by atoms with Gasteiger partial charge in [-0.2, -0.15) is 5.26 Å². The standard InChI is InChI=1S/C9H8N2O2/c10-4-3-8(12)7-5-9(13-11-7)6-1-2-6/h5-6H,1-3H2. The lowest BCUT2D eigenvalue weighted by molar-refractivity contribution is 0.0989. The molecule has 0 N–H and O–H groups in total. The Labute approximate surface area is 75.1 Å². The number of aromatic nitrogens is 1. The van der Waals surface area contributed by atoms with Gasteiger partial charge in [0.25, 0.3) is 0 Å². The van der Waals surface area contributed by atoms with Gasteiger partial charge < -0.3 is 4.52 Å². The van der Waals surface area contributed by atoms with Crippen molar-refractivity contribution in [3.8, 4) is 6.07 Å². The van der Waals surface area contributed by atoms with Crippen LogP contribution in [0.5, 0.6) is 0 Å². The van der Waals surface area contributed by atoms with Gasteiger partial charge in [-0.15, -0.1) is 0 Å². The molecule has 0 aliphatic heterocycles. The summed E-state index contributed by atoms with van der Waals surface area (Å²) in [5.41, 5.74) is 0.281. The highest BCUT2D eigenvalue weighted by Crippen LogP contribution is 2.40. The zero-order valence-electron chi connectivity index (χ0n) is 6.99. The Hall–Kier alpha value is -1.63. The predicted octanol–water partition coefficient (Wildman–Crippen LogP) is 1.65. The van der Waals surface area contributed by atoms with Gasteiger partial charge in [0.2, 0.25) is 0 Å². The molecule has 1 aromatic rings. The summed E-state index contributed by atoms with van der Waals surface area (Å²) >= 11 is 0. The van der Waals surface area contributed by atoms with Gasteiger partial charge in [-0.1, -0.05) is 5.16 Å². The smallest absolute Gasteiger partial charge is 0.198 e. The lowest BCUT2D eigenvalue weighted by atomic mass is 10.2. The highest BCUT2D eigenvalue weighted by atomic mass is 16.5. The number of rotatable bonds is 3. The van der Waals surface area contributed by atoms with E-state index < -0.39 is 0 Å². The van der Waals surface area contributed by atoms with Crippen LogP contribution in [-0.4, -0.2) is 10.9 Å². The van der Waals surface area contributed by atoms with E-state index >= 15 is 0 Å². The Morgan fingerprint density at radius 3 is 3.15 bits per heavy atom. The molecule has 1 saturated carbocycles. The fraction of sp³-hybridized carbons (Fsp3) is 0.444. The Morgan fingerprint density at radius 2 is 2.54 bits per heavy atom. The molecule has 1 aromatic heterocycles. The molecule has 66 valence electrons. The molecule has 1 aliphatic carbocycles. The van der Waals surface area contributed by atoms with Crippen molar-refractivity contribution in [1.82, 2.24) is 5.16 Å². The van der Waals surface area contributed by atoms with Crippen LogP contribution in [0.2, 0.25) is 0 Å². The molecule has 4 nitrogen and oxygen atoms in total. The first kappa shape index (κ1) is 7.99. The fourth-order valence-corrected chi connectivity index (χ4v) is 1.14. The molecular weight excluding hydrogens is 168 g/mol. The number of ketones is 1. The van der Waals surface area contributed by atoms with Crippen molar-refractivity contribution in [3.63, 3.8) is 0 Å². The van der Waals surface area contributed by atoms with Gasteiger partial charge in [0.15, 0.2) is 11.5 Å². The molecule has 13 heavy (non-hydrogen) atoms. The van der Waals surface area contributed by atoms with Crippen molar-refractivity contribution in [2.24, 2.45) is 0 Å². The summed E-state index contributed by atoms with van der Waals surface area (Å²) < 4.78 is 4.98. The van der Waals surface area contributed by atoms with Gasteiger partial charge in [0, 0.05) is 12.0 Å². The molecule has 0 atom stereocenters. The maximum absolute atomic E-state index is 11.2. The first-order chi connectivity index (χ1) is 6.31. The van der Waals surface area contributed by atoms with Crippen molar-refractivity contribution in [2.75, 3.05) is 0 Å². The first-order valence-electron chi connectivity index (χ1n) is 4.18. The summed E-state index contributed by atoms with van der Waals surface area (Å²) in [6.45, 7) is 0. The third kappa shape index (κ3) is 1.59. The van der Waals surface area contributed by atoms with Gasteiger partial charge in [-0.05, 0) is 12.8 Å². The van der Waals surface area contributed by atoms with E-state index in [1.165, 1.54) is 0 Å². The summed E-state index contributed by atoms with van der Waals surface area (Å²) in [7, 11) is 0. The summed E-state index contributed by atoms with van der Waals surface area (Å²) in [5, 5.41) is 11.9. The predicted molar refractivity (Wildman–Crippen MR) is 43.0 cm³/mol. The number of hydrogen-bond acceptors (Lipinski definition) is 4. The summed E-state index contributed by atoms with van der Waals surface area (Å²) in [5.74, 6) is 0.968. The Kier molecular flexibility index (Phi) is 1.85.